The van der Waals surface area contributed by atoms with Gasteiger partial charge in [0.1, 0.15) is 12.1 Å². The van der Waals surface area contributed by atoms with Crippen molar-refractivity contribution in [3.63, 3.8) is 0 Å². The number of nitrogens with zero attached hydrogens (tertiary/aromatic N) is 4. The Balaban J connectivity index is 1.66. The third kappa shape index (κ3) is 3.20. The number of hydrogen-bond donors (Lipinski definition) is 2. The van der Waals surface area contributed by atoms with E-state index in [2.05, 4.69) is 15.3 Å². The molecule has 0 unspecified atom stereocenters. The third-order valence-corrected chi connectivity index (χ3v) is 6.49. The predicted octanol–water partition coefficient (Wildman–Crippen LogP) is 1.18. The number of aryl methyl sites for hydroxylation is 1. The van der Waals surface area contributed by atoms with E-state index >= 15 is 0 Å². The molecule has 140 valence electrons. The van der Waals surface area contributed by atoms with Crippen molar-refractivity contribution in [2.75, 3.05) is 18.4 Å². The van der Waals surface area contributed by atoms with Gasteiger partial charge in [-0.15, -0.1) is 0 Å². The first-order valence-corrected chi connectivity index (χ1v) is 10.1. The van der Waals surface area contributed by atoms with Crippen LogP contribution in [0.2, 0.25) is 6.82 Å². The van der Waals surface area contributed by atoms with Crippen LogP contribution in [0.25, 0.3) is 11.0 Å². The molecule has 2 N–H and O–H groups in total. The number of anilines is 1. The Labute approximate surface area is 158 Å². The molecule has 1 aliphatic rings. The van der Waals surface area contributed by atoms with Crippen LogP contribution in [0.4, 0.5) is 5.82 Å². The highest BCUT2D eigenvalue weighted by Gasteiger charge is 2.32. The summed E-state index contributed by atoms with van der Waals surface area (Å²) in [6.45, 7) is 5.04. The molecule has 0 aliphatic carbocycles. The first-order valence-electron chi connectivity index (χ1n) is 8.69. The highest BCUT2D eigenvalue weighted by Crippen LogP contribution is 2.26. The number of rotatable bonds is 5. The molecule has 0 atom stereocenters. The maximum absolute atomic E-state index is 13.0. The number of hydrogen-bond acceptors (Lipinski definition) is 7. The second-order valence-electron chi connectivity index (χ2n) is 6.82. The first-order chi connectivity index (χ1) is 12.9. The van der Waals surface area contributed by atoms with Crippen molar-refractivity contribution in [1.82, 2.24) is 18.8 Å². The molecule has 2 aromatic heterocycles. The second-order valence-corrected chi connectivity index (χ2v) is 8.63. The maximum atomic E-state index is 13.0. The molecular formula is C17H20BN5O3S. The molecule has 8 nitrogen and oxygen atoms in total. The SMILES string of the molecule is CB(O)N1CC(Nc2ncnc3c2ccn3S(=O)(=O)c2ccc(C)cc2)C1. The summed E-state index contributed by atoms with van der Waals surface area (Å²) in [6.07, 6.45) is 2.86. The second kappa shape index (κ2) is 6.63. The van der Waals surface area contributed by atoms with Gasteiger partial charge < -0.3 is 15.2 Å². The van der Waals surface area contributed by atoms with E-state index in [0.717, 1.165) is 5.56 Å². The van der Waals surface area contributed by atoms with Crippen molar-refractivity contribution < 1.29 is 13.4 Å². The zero-order valence-electron chi connectivity index (χ0n) is 15.1. The monoisotopic (exact) mass is 385 g/mol. The highest BCUT2D eigenvalue weighted by atomic mass is 32.2. The Morgan fingerprint density at radius 3 is 2.56 bits per heavy atom. The van der Waals surface area contributed by atoms with E-state index in [-0.39, 0.29) is 10.9 Å². The van der Waals surface area contributed by atoms with E-state index in [1.165, 1.54) is 16.5 Å². The summed E-state index contributed by atoms with van der Waals surface area (Å²) in [5.41, 5.74) is 1.33. The van der Waals surface area contributed by atoms with Gasteiger partial charge in [-0.25, -0.2) is 22.4 Å². The smallest absolute Gasteiger partial charge is 0.376 e. The Morgan fingerprint density at radius 1 is 1.19 bits per heavy atom. The molecule has 4 rings (SSSR count). The summed E-state index contributed by atoms with van der Waals surface area (Å²) >= 11 is 0. The number of fused-ring (bicyclic) bond motifs is 1. The minimum absolute atomic E-state index is 0.148. The quantitative estimate of drug-likeness (QED) is 0.636. The van der Waals surface area contributed by atoms with E-state index in [0.29, 0.717) is 29.9 Å². The highest BCUT2D eigenvalue weighted by molar-refractivity contribution is 7.90. The van der Waals surface area contributed by atoms with Crippen LogP contribution in [0.15, 0.2) is 47.8 Å². The lowest BCUT2D eigenvalue weighted by atomic mass is 9.80. The fraction of sp³-hybridized carbons (Fsp3) is 0.294. The molecular weight excluding hydrogens is 365 g/mol. The normalized spacial score (nSPS) is 15.7. The van der Waals surface area contributed by atoms with Gasteiger partial charge in [0.2, 0.25) is 0 Å². The van der Waals surface area contributed by atoms with Gasteiger partial charge in [0, 0.05) is 19.3 Å². The van der Waals surface area contributed by atoms with Crippen LogP contribution in [0.1, 0.15) is 5.56 Å². The summed E-state index contributed by atoms with van der Waals surface area (Å²) < 4.78 is 27.2. The molecule has 10 heteroatoms. The zero-order chi connectivity index (χ0) is 19.2. The minimum atomic E-state index is -3.74. The zero-order valence-corrected chi connectivity index (χ0v) is 15.9. The molecule has 0 radical (unpaired) electrons. The van der Waals surface area contributed by atoms with Crippen molar-refractivity contribution in [3.05, 3.63) is 48.4 Å². The summed E-state index contributed by atoms with van der Waals surface area (Å²) in [5.74, 6) is 0.591. The fourth-order valence-corrected chi connectivity index (χ4v) is 4.46. The van der Waals surface area contributed by atoms with Crippen molar-refractivity contribution in [2.45, 2.75) is 24.7 Å². The van der Waals surface area contributed by atoms with Crippen LogP contribution in [-0.4, -0.2) is 58.4 Å². The molecule has 1 aliphatic heterocycles. The van der Waals surface area contributed by atoms with Gasteiger partial charge in [-0.2, -0.15) is 0 Å². The van der Waals surface area contributed by atoms with E-state index in [4.69, 9.17) is 0 Å². The Hall–Kier alpha value is -2.43. The van der Waals surface area contributed by atoms with Gasteiger partial charge in [-0.05, 0) is 31.9 Å². The lowest BCUT2D eigenvalue weighted by molar-refractivity contribution is 0.247. The number of nitrogens with one attached hydrogen (secondary N) is 1. The van der Waals surface area contributed by atoms with E-state index < -0.39 is 17.1 Å². The van der Waals surface area contributed by atoms with Crippen molar-refractivity contribution in [1.29, 1.82) is 0 Å². The molecule has 27 heavy (non-hydrogen) atoms. The van der Waals surface area contributed by atoms with Crippen LogP contribution in [0.5, 0.6) is 0 Å². The molecule has 3 aromatic rings. The molecule has 1 saturated heterocycles. The Morgan fingerprint density at radius 2 is 1.89 bits per heavy atom. The molecule has 3 heterocycles. The van der Waals surface area contributed by atoms with Gasteiger partial charge in [0.15, 0.2) is 5.65 Å². The summed E-state index contributed by atoms with van der Waals surface area (Å²) in [7, 11) is -4.22. The van der Waals surface area contributed by atoms with Gasteiger partial charge in [-0.1, -0.05) is 17.7 Å². The average molecular weight is 385 g/mol. The topological polar surface area (TPSA) is 100 Å². The number of aromatic nitrogens is 3. The molecule has 0 spiro atoms. The lowest BCUT2D eigenvalue weighted by Crippen LogP contribution is -2.59. The molecule has 0 saturated carbocycles. The molecule has 0 amide bonds. The standard InChI is InChI=1S/C17H20BN5O3S/c1-12-3-5-14(6-4-12)27(25,26)23-8-7-15-16(19-11-20-17(15)23)21-13-9-22(10-13)18(2)24/h3-8,11,13,24H,9-10H2,1-2H3,(H,19,20,21). The van der Waals surface area contributed by atoms with Crippen LogP contribution in [0.3, 0.4) is 0 Å². The van der Waals surface area contributed by atoms with Crippen LogP contribution in [0, 0.1) is 6.92 Å². The van der Waals surface area contributed by atoms with Crippen molar-refractivity contribution >= 4 is 33.9 Å². The van der Waals surface area contributed by atoms with Crippen LogP contribution in [-0.2, 0) is 10.0 Å². The van der Waals surface area contributed by atoms with Crippen LogP contribution >= 0.6 is 0 Å². The predicted molar refractivity (Wildman–Crippen MR) is 104 cm³/mol. The average Bonchev–Trinajstić information content (AvgIpc) is 3.03. The van der Waals surface area contributed by atoms with Crippen LogP contribution < -0.4 is 5.32 Å². The summed E-state index contributed by atoms with van der Waals surface area (Å²) in [5, 5.41) is 13.5. The van der Waals surface area contributed by atoms with Crippen molar-refractivity contribution in [3.8, 4) is 0 Å². The van der Waals surface area contributed by atoms with Gasteiger partial charge in [0.05, 0.1) is 16.3 Å². The fourth-order valence-electron chi connectivity index (χ4n) is 3.16. The van der Waals surface area contributed by atoms with E-state index in [1.807, 2.05) is 11.7 Å². The molecule has 1 fully saturated rings. The summed E-state index contributed by atoms with van der Waals surface area (Å²) in [4.78, 5) is 10.6. The lowest BCUT2D eigenvalue weighted by Gasteiger charge is -2.40. The number of benzene rings is 1. The van der Waals surface area contributed by atoms with E-state index in [1.54, 1.807) is 37.2 Å². The third-order valence-electron chi connectivity index (χ3n) is 4.81. The van der Waals surface area contributed by atoms with Gasteiger partial charge >= 0.3 is 7.05 Å². The molecule has 1 aromatic carbocycles. The Bertz CT molecular complexity index is 1080. The summed E-state index contributed by atoms with van der Waals surface area (Å²) in [6, 6.07) is 8.57. The maximum Gasteiger partial charge on any atom is 0.376 e. The Kier molecular flexibility index (Phi) is 4.41. The van der Waals surface area contributed by atoms with Gasteiger partial charge in [0.25, 0.3) is 10.0 Å². The van der Waals surface area contributed by atoms with E-state index in [9.17, 15) is 13.4 Å². The first kappa shape index (κ1) is 18.0. The largest absolute Gasteiger partial charge is 0.437 e. The van der Waals surface area contributed by atoms with Crippen molar-refractivity contribution in [2.24, 2.45) is 0 Å². The van der Waals surface area contributed by atoms with Gasteiger partial charge in [-0.3, -0.25) is 0 Å². The minimum Gasteiger partial charge on any atom is -0.437 e. The molecule has 0 bridgehead atoms.